The predicted octanol–water partition coefficient (Wildman–Crippen LogP) is 3.31. The van der Waals surface area contributed by atoms with Crippen LogP contribution in [0.15, 0.2) is 47.8 Å². The largest absolute Gasteiger partial charge is 0.465 e. The average Bonchev–Trinajstić information content (AvgIpc) is 3.37. The Hall–Kier alpha value is -2.18. The van der Waals surface area contributed by atoms with Crippen molar-refractivity contribution in [2.24, 2.45) is 0 Å². The number of rotatable bonds is 9. The number of amides is 1. The number of carbonyl (C=O) groups excluding carboxylic acids is 2. The van der Waals surface area contributed by atoms with E-state index in [-0.39, 0.29) is 18.4 Å². The SMILES string of the molecule is CCOC(=O)CN(C(=O)CN(Cc1cccs1)C1CC1)c1ccccc1. The molecule has 6 heteroatoms. The lowest BCUT2D eigenvalue weighted by atomic mass is 10.2. The van der Waals surface area contributed by atoms with Gasteiger partial charge < -0.3 is 9.64 Å². The van der Waals surface area contributed by atoms with Gasteiger partial charge in [0.15, 0.2) is 0 Å². The third kappa shape index (κ3) is 5.16. The molecule has 2 aromatic rings. The molecule has 1 saturated carbocycles. The highest BCUT2D eigenvalue weighted by Gasteiger charge is 2.32. The standard InChI is InChI=1S/C20H24N2O3S/c1-2-25-20(24)15-22(17-7-4-3-5-8-17)19(23)14-21(16-10-11-16)13-18-9-6-12-26-18/h3-9,12,16H,2,10-11,13-15H2,1H3. The van der Waals surface area contributed by atoms with E-state index < -0.39 is 0 Å². The van der Waals surface area contributed by atoms with E-state index in [0.717, 1.165) is 25.1 Å². The molecule has 1 amide bonds. The number of anilines is 1. The fraction of sp³-hybridized carbons (Fsp3) is 0.400. The summed E-state index contributed by atoms with van der Waals surface area (Å²) in [5, 5.41) is 2.05. The van der Waals surface area contributed by atoms with E-state index >= 15 is 0 Å². The van der Waals surface area contributed by atoms with Gasteiger partial charge in [0, 0.05) is 23.2 Å². The second kappa shape index (κ2) is 8.96. The second-order valence-electron chi connectivity index (χ2n) is 6.34. The van der Waals surface area contributed by atoms with Crippen molar-refractivity contribution in [3.8, 4) is 0 Å². The summed E-state index contributed by atoms with van der Waals surface area (Å²) in [6.07, 6.45) is 2.25. The fourth-order valence-electron chi connectivity index (χ4n) is 2.88. The van der Waals surface area contributed by atoms with Crippen LogP contribution in [0.3, 0.4) is 0 Å². The predicted molar refractivity (Wildman–Crippen MR) is 103 cm³/mol. The van der Waals surface area contributed by atoms with Gasteiger partial charge in [-0.05, 0) is 43.3 Å². The van der Waals surface area contributed by atoms with Crippen molar-refractivity contribution in [1.82, 2.24) is 4.90 Å². The third-order valence-electron chi connectivity index (χ3n) is 4.30. The van der Waals surface area contributed by atoms with E-state index in [1.165, 1.54) is 9.78 Å². The molecule has 1 aliphatic rings. The smallest absolute Gasteiger partial charge is 0.326 e. The molecule has 0 spiro atoms. The van der Waals surface area contributed by atoms with Gasteiger partial charge in [-0.3, -0.25) is 14.5 Å². The van der Waals surface area contributed by atoms with Gasteiger partial charge in [0.2, 0.25) is 5.91 Å². The van der Waals surface area contributed by atoms with Crippen LogP contribution >= 0.6 is 11.3 Å². The molecule has 1 fully saturated rings. The highest BCUT2D eigenvalue weighted by Crippen LogP contribution is 2.29. The van der Waals surface area contributed by atoms with Crippen LogP contribution in [-0.2, 0) is 20.9 Å². The molecular formula is C20H24N2O3S. The Morgan fingerprint density at radius 3 is 2.50 bits per heavy atom. The summed E-state index contributed by atoms with van der Waals surface area (Å²) in [4.78, 5) is 30.0. The van der Waals surface area contributed by atoms with Gasteiger partial charge in [-0.15, -0.1) is 11.3 Å². The zero-order valence-corrected chi connectivity index (χ0v) is 15.8. The van der Waals surface area contributed by atoms with E-state index in [2.05, 4.69) is 16.3 Å². The van der Waals surface area contributed by atoms with Gasteiger partial charge in [0.05, 0.1) is 13.2 Å². The van der Waals surface area contributed by atoms with E-state index in [1.54, 1.807) is 18.3 Å². The molecule has 1 heterocycles. The zero-order chi connectivity index (χ0) is 18.4. The first-order valence-corrected chi connectivity index (χ1v) is 9.82. The first-order valence-electron chi connectivity index (χ1n) is 8.95. The molecule has 0 N–H and O–H groups in total. The lowest BCUT2D eigenvalue weighted by molar-refractivity contribution is -0.142. The minimum atomic E-state index is -0.388. The number of nitrogens with zero attached hydrogens (tertiary/aromatic N) is 2. The van der Waals surface area contributed by atoms with Crippen molar-refractivity contribution in [3.05, 3.63) is 52.7 Å². The maximum atomic E-state index is 13.0. The Labute approximate surface area is 158 Å². The quantitative estimate of drug-likeness (QED) is 0.634. The van der Waals surface area contributed by atoms with Gasteiger partial charge in [-0.2, -0.15) is 0 Å². The Balaban J connectivity index is 1.72. The van der Waals surface area contributed by atoms with E-state index in [4.69, 9.17) is 4.74 Å². The summed E-state index contributed by atoms with van der Waals surface area (Å²) in [5.74, 6) is -0.464. The molecule has 0 atom stereocenters. The van der Waals surface area contributed by atoms with Gasteiger partial charge in [-0.1, -0.05) is 24.3 Å². The van der Waals surface area contributed by atoms with Crippen LogP contribution in [0.1, 0.15) is 24.6 Å². The highest BCUT2D eigenvalue weighted by atomic mass is 32.1. The molecular weight excluding hydrogens is 348 g/mol. The van der Waals surface area contributed by atoms with Crippen LogP contribution in [-0.4, -0.2) is 42.5 Å². The normalized spacial score (nSPS) is 13.6. The number of para-hydroxylation sites is 1. The van der Waals surface area contributed by atoms with E-state index in [1.807, 2.05) is 36.4 Å². The Morgan fingerprint density at radius 1 is 1.12 bits per heavy atom. The van der Waals surface area contributed by atoms with Crippen LogP contribution in [0.4, 0.5) is 5.69 Å². The molecule has 26 heavy (non-hydrogen) atoms. The maximum Gasteiger partial charge on any atom is 0.326 e. The van der Waals surface area contributed by atoms with Crippen molar-refractivity contribution < 1.29 is 14.3 Å². The molecule has 1 aromatic heterocycles. The number of ether oxygens (including phenoxy) is 1. The molecule has 138 valence electrons. The third-order valence-corrected chi connectivity index (χ3v) is 5.16. The molecule has 5 nitrogen and oxygen atoms in total. The van der Waals surface area contributed by atoms with Crippen LogP contribution in [0.25, 0.3) is 0 Å². The molecule has 0 radical (unpaired) electrons. The second-order valence-corrected chi connectivity index (χ2v) is 7.37. The summed E-state index contributed by atoms with van der Waals surface area (Å²) in [6, 6.07) is 13.9. The number of esters is 1. The van der Waals surface area contributed by atoms with Gasteiger partial charge >= 0.3 is 5.97 Å². The van der Waals surface area contributed by atoms with Gasteiger partial charge in [-0.25, -0.2) is 0 Å². The number of hydrogen-bond acceptors (Lipinski definition) is 5. The average molecular weight is 372 g/mol. The van der Waals surface area contributed by atoms with Crippen LogP contribution in [0.2, 0.25) is 0 Å². The summed E-state index contributed by atoms with van der Waals surface area (Å²) in [7, 11) is 0. The number of carbonyl (C=O) groups is 2. The summed E-state index contributed by atoms with van der Waals surface area (Å²) < 4.78 is 5.05. The monoisotopic (exact) mass is 372 g/mol. The fourth-order valence-corrected chi connectivity index (χ4v) is 3.61. The van der Waals surface area contributed by atoms with E-state index in [0.29, 0.717) is 19.2 Å². The molecule has 0 saturated heterocycles. The molecule has 3 rings (SSSR count). The maximum absolute atomic E-state index is 13.0. The summed E-state index contributed by atoms with van der Waals surface area (Å²) >= 11 is 1.70. The van der Waals surface area contributed by atoms with Gasteiger partial charge in [0.1, 0.15) is 6.54 Å². The molecule has 0 unspecified atom stereocenters. The zero-order valence-electron chi connectivity index (χ0n) is 15.0. The first-order chi connectivity index (χ1) is 12.7. The molecule has 0 aliphatic heterocycles. The summed E-state index contributed by atoms with van der Waals surface area (Å²) in [6.45, 7) is 3.09. The van der Waals surface area contributed by atoms with Crippen molar-refractivity contribution in [2.75, 3.05) is 24.6 Å². The molecule has 1 aliphatic carbocycles. The van der Waals surface area contributed by atoms with E-state index in [9.17, 15) is 9.59 Å². The first kappa shape index (κ1) is 18.6. The lowest BCUT2D eigenvalue weighted by Gasteiger charge is -2.27. The Kier molecular flexibility index (Phi) is 6.41. The highest BCUT2D eigenvalue weighted by molar-refractivity contribution is 7.09. The van der Waals surface area contributed by atoms with Crippen molar-refractivity contribution in [2.45, 2.75) is 32.4 Å². The molecule has 0 bridgehead atoms. The Bertz CT molecular complexity index is 714. The van der Waals surface area contributed by atoms with Crippen molar-refractivity contribution >= 4 is 28.9 Å². The van der Waals surface area contributed by atoms with Crippen molar-refractivity contribution in [1.29, 1.82) is 0 Å². The lowest BCUT2D eigenvalue weighted by Crippen LogP contribution is -2.43. The topological polar surface area (TPSA) is 49.9 Å². The van der Waals surface area contributed by atoms with Crippen LogP contribution in [0.5, 0.6) is 0 Å². The van der Waals surface area contributed by atoms with Crippen molar-refractivity contribution in [3.63, 3.8) is 0 Å². The molecule has 1 aromatic carbocycles. The Morgan fingerprint density at radius 2 is 1.88 bits per heavy atom. The number of benzene rings is 1. The van der Waals surface area contributed by atoms with Gasteiger partial charge in [0.25, 0.3) is 0 Å². The minimum absolute atomic E-state index is 0.0613. The minimum Gasteiger partial charge on any atom is -0.465 e. The number of thiophene rings is 1. The van der Waals surface area contributed by atoms with Crippen LogP contribution < -0.4 is 4.90 Å². The van der Waals surface area contributed by atoms with Crippen LogP contribution in [0, 0.1) is 0 Å². The summed E-state index contributed by atoms with van der Waals surface area (Å²) in [5.41, 5.74) is 0.720. The number of hydrogen-bond donors (Lipinski definition) is 0.